The molecule has 27 heavy (non-hydrogen) atoms. The molecule has 2 heterocycles. The van der Waals surface area contributed by atoms with Crippen molar-refractivity contribution in [3.8, 4) is 0 Å². The van der Waals surface area contributed by atoms with Crippen molar-refractivity contribution in [3.05, 3.63) is 70.0 Å². The molecular formula is C20H16FN3O2S. The Hall–Kier alpha value is -3.06. The Morgan fingerprint density at radius 1 is 1.22 bits per heavy atom. The van der Waals surface area contributed by atoms with Crippen LogP contribution in [0.15, 0.2) is 47.3 Å². The molecule has 0 fully saturated rings. The molecule has 0 unspecified atom stereocenters. The number of nitrogens with zero attached hydrogens (tertiary/aromatic N) is 2. The lowest BCUT2D eigenvalue weighted by molar-refractivity contribution is -0.116. The molecule has 136 valence electrons. The number of hydrogen-bond donors (Lipinski definition) is 1. The van der Waals surface area contributed by atoms with E-state index in [1.54, 1.807) is 26.0 Å². The molecule has 0 radical (unpaired) electrons. The topological polar surface area (TPSA) is 64.0 Å². The van der Waals surface area contributed by atoms with E-state index in [0.29, 0.717) is 27.3 Å². The molecule has 0 saturated carbocycles. The van der Waals surface area contributed by atoms with Crippen molar-refractivity contribution in [1.82, 2.24) is 9.55 Å². The van der Waals surface area contributed by atoms with Crippen LogP contribution in [0.25, 0.3) is 20.3 Å². The third-order valence-electron chi connectivity index (χ3n) is 4.43. The van der Waals surface area contributed by atoms with Gasteiger partial charge in [0.15, 0.2) is 0 Å². The van der Waals surface area contributed by atoms with E-state index in [9.17, 15) is 14.0 Å². The molecule has 1 N–H and O–H groups in total. The van der Waals surface area contributed by atoms with Crippen molar-refractivity contribution in [1.29, 1.82) is 0 Å². The van der Waals surface area contributed by atoms with Gasteiger partial charge in [-0.1, -0.05) is 24.3 Å². The number of fused-ring (bicyclic) bond motifs is 3. The average molecular weight is 381 g/mol. The SMILES string of the molecule is Cc1ccc(NC(=O)Cn2c(C)nc3c(sc4ccccc43)c2=O)cc1F. The Kier molecular flexibility index (Phi) is 4.24. The van der Waals surface area contributed by atoms with E-state index in [4.69, 9.17) is 0 Å². The van der Waals surface area contributed by atoms with Crippen LogP contribution in [0.3, 0.4) is 0 Å². The van der Waals surface area contributed by atoms with E-state index in [0.717, 1.165) is 10.1 Å². The van der Waals surface area contributed by atoms with Crippen molar-refractivity contribution in [2.24, 2.45) is 0 Å². The van der Waals surface area contributed by atoms with E-state index in [1.165, 1.54) is 22.0 Å². The van der Waals surface area contributed by atoms with Gasteiger partial charge < -0.3 is 5.32 Å². The summed E-state index contributed by atoms with van der Waals surface area (Å²) in [6.07, 6.45) is 0. The van der Waals surface area contributed by atoms with Crippen LogP contribution in [0.5, 0.6) is 0 Å². The monoisotopic (exact) mass is 381 g/mol. The number of benzene rings is 2. The Morgan fingerprint density at radius 2 is 2.00 bits per heavy atom. The molecule has 4 rings (SSSR count). The van der Waals surface area contributed by atoms with Gasteiger partial charge in [-0.15, -0.1) is 11.3 Å². The van der Waals surface area contributed by atoms with Crippen LogP contribution in [0.1, 0.15) is 11.4 Å². The highest BCUT2D eigenvalue weighted by molar-refractivity contribution is 7.25. The maximum Gasteiger partial charge on any atom is 0.272 e. The molecular weight excluding hydrogens is 365 g/mol. The highest BCUT2D eigenvalue weighted by atomic mass is 32.1. The van der Waals surface area contributed by atoms with Crippen LogP contribution in [0.2, 0.25) is 0 Å². The predicted octanol–water partition coefficient (Wildman–Crippen LogP) is 4.01. The minimum Gasteiger partial charge on any atom is -0.324 e. The number of carbonyl (C=O) groups is 1. The third-order valence-corrected chi connectivity index (χ3v) is 5.58. The van der Waals surface area contributed by atoms with Crippen molar-refractivity contribution in [2.75, 3.05) is 5.32 Å². The summed E-state index contributed by atoms with van der Waals surface area (Å²) >= 11 is 1.37. The second kappa shape index (κ2) is 6.59. The van der Waals surface area contributed by atoms with Gasteiger partial charge in [-0.3, -0.25) is 14.2 Å². The predicted molar refractivity (Wildman–Crippen MR) is 106 cm³/mol. The zero-order valence-corrected chi connectivity index (χ0v) is 15.6. The molecule has 0 aliphatic heterocycles. The van der Waals surface area contributed by atoms with Gasteiger partial charge in [-0.05, 0) is 37.6 Å². The molecule has 0 aliphatic carbocycles. The lowest BCUT2D eigenvalue weighted by Gasteiger charge is -2.10. The number of thiophene rings is 1. The van der Waals surface area contributed by atoms with Crippen molar-refractivity contribution < 1.29 is 9.18 Å². The lowest BCUT2D eigenvalue weighted by atomic mass is 10.2. The molecule has 2 aromatic carbocycles. The first-order valence-electron chi connectivity index (χ1n) is 8.39. The van der Waals surface area contributed by atoms with E-state index >= 15 is 0 Å². The Labute approximate surface area is 158 Å². The zero-order chi connectivity index (χ0) is 19.1. The van der Waals surface area contributed by atoms with Gasteiger partial charge in [0.1, 0.15) is 22.9 Å². The van der Waals surface area contributed by atoms with Crippen molar-refractivity contribution in [2.45, 2.75) is 20.4 Å². The van der Waals surface area contributed by atoms with Crippen LogP contribution in [-0.2, 0) is 11.3 Å². The van der Waals surface area contributed by atoms with Crippen molar-refractivity contribution >= 4 is 43.2 Å². The first kappa shape index (κ1) is 17.4. The molecule has 5 nitrogen and oxygen atoms in total. The van der Waals surface area contributed by atoms with E-state index in [-0.39, 0.29) is 12.1 Å². The van der Waals surface area contributed by atoms with Gasteiger partial charge in [-0.2, -0.15) is 0 Å². The summed E-state index contributed by atoms with van der Waals surface area (Å²) in [5.74, 6) is -0.346. The number of anilines is 1. The average Bonchev–Trinajstić information content (AvgIpc) is 3.01. The Bertz CT molecular complexity index is 1260. The maximum absolute atomic E-state index is 13.6. The van der Waals surface area contributed by atoms with E-state index < -0.39 is 11.7 Å². The number of carbonyl (C=O) groups excluding carboxylic acids is 1. The number of amides is 1. The van der Waals surface area contributed by atoms with Gasteiger partial charge >= 0.3 is 0 Å². The third kappa shape index (κ3) is 3.10. The summed E-state index contributed by atoms with van der Waals surface area (Å²) in [6, 6.07) is 12.2. The van der Waals surface area contributed by atoms with Crippen LogP contribution in [-0.4, -0.2) is 15.5 Å². The van der Waals surface area contributed by atoms with Gasteiger partial charge in [0.05, 0.1) is 5.52 Å². The molecule has 0 atom stereocenters. The number of rotatable bonds is 3. The smallest absolute Gasteiger partial charge is 0.272 e. The second-order valence-corrected chi connectivity index (χ2v) is 7.39. The maximum atomic E-state index is 13.6. The van der Waals surface area contributed by atoms with Crippen LogP contribution in [0, 0.1) is 19.7 Å². The van der Waals surface area contributed by atoms with Gasteiger partial charge in [-0.25, -0.2) is 9.37 Å². The molecule has 2 aromatic heterocycles. The molecule has 0 bridgehead atoms. The normalized spacial score (nSPS) is 11.2. The quantitative estimate of drug-likeness (QED) is 0.583. The van der Waals surface area contributed by atoms with Gasteiger partial charge in [0, 0.05) is 15.8 Å². The molecule has 0 spiro atoms. The van der Waals surface area contributed by atoms with Crippen molar-refractivity contribution in [3.63, 3.8) is 0 Å². The Balaban J connectivity index is 1.69. The van der Waals surface area contributed by atoms with E-state index in [1.807, 2.05) is 24.3 Å². The van der Waals surface area contributed by atoms with Crippen LogP contribution < -0.4 is 10.9 Å². The second-order valence-electron chi connectivity index (χ2n) is 6.34. The van der Waals surface area contributed by atoms with Gasteiger partial charge in [0.2, 0.25) is 5.91 Å². The minimum absolute atomic E-state index is 0.183. The summed E-state index contributed by atoms with van der Waals surface area (Å²) in [6.45, 7) is 3.17. The summed E-state index contributed by atoms with van der Waals surface area (Å²) in [4.78, 5) is 29.8. The molecule has 4 aromatic rings. The minimum atomic E-state index is -0.411. The van der Waals surface area contributed by atoms with Gasteiger partial charge in [0.25, 0.3) is 5.56 Å². The fraction of sp³-hybridized carbons (Fsp3) is 0.150. The summed E-state index contributed by atoms with van der Waals surface area (Å²) in [5.41, 5.74) is 1.27. The summed E-state index contributed by atoms with van der Waals surface area (Å²) < 4.78 is 16.5. The highest BCUT2D eigenvalue weighted by Gasteiger charge is 2.16. The van der Waals surface area contributed by atoms with Crippen LogP contribution in [0.4, 0.5) is 10.1 Å². The molecule has 0 aliphatic rings. The number of nitrogens with one attached hydrogen (secondary N) is 1. The summed E-state index contributed by atoms with van der Waals surface area (Å²) in [5, 5.41) is 3.56. The largest absolute Gasteiger partial charge is 0.324 e. The zero-order valence-electron chi connectivity index (χ0n) is 14.7. The fourth-order valence-electron chi connectivity index (χ4n) is 2.98. The highest BCUT2D eigenvalue weighted by Crippen LogP contribution is 2.30. The molecule has 1 amide bonds. The fourth-order valence-corrected chi connectivity index (χ4v) is 4.07. The molecule has 0 saturated heterocycles. The number of hydrogen-bond acceptors (Lipinski definition) is 4. The van der Waals surface area contributed by atoms with E-state index in [2.05, 4.69) is 10.3 Å². The Morgan fingerprint density at radius 3 is 2.78 bits per heavy atom. The lowest BCUT2D eigenvalue weighted by Crippen LogP contribution is -2.29. The first-order valence-corrected chi connectivity index (χ1v) is 9.20. The summed E-state index contributed by atoms with van der Waals surface area (Å²) in [7, 11) is 0. The number of aryl methyl sites for hydroxylation is 2. The number of aromatic nitrogens is 2. The van der Waals surface area contributed by atoms with Crippen LogP contribution >= 0.6 is 11.3 Å². The number of halogens is 1. The first-order chi connectivity index (χ1) is 12.9. The molecule has 7 heteroatoms. The standard InChI is InChI=1S/C20H16FN3O2S/c1-11-7-8-13(9-15(11)21)23-17(25)10-24-12(2)22-18-14-5-3-4-6-16(14)27-19(18)20(24)26/h3-9H,10H2,1-2H3,(H,23,25).